The standard InChI is InChI=1S/C18H15FN2O7/c1-10(17(22)20-8-11-2-4-12(19)5-3-11)28-18(23)13-6-15-16(27-9-26-15)7-14(13)21(24)25/h2-7,10H,8-9H2,1H3,(H,20,22). The van der Waals surface area contributed by atoms with Crippen molar-refractivity contribution in [2.24, 2.45) is 0 Å². The van der Waals surface area contributed by atoms with Crippen molar-refractivity contribution < 1.29 is 33.1 Å². The van der Waals surface area contributed by atoms with Crippen molar-refractivity contribution in [1.82, 2.24) is 5.32 Å². The lowest BCUT2D eigenvalue weighted by Gasteiger charge is -2.14. The molecular formula is C18H15FN2O7. The molecule has 0 aliphatic carbocycles. The zero-order valence-corrected chi connectivity index (χ0v) is 14.6. The highest BCUT2D eigenvalue weighted by molar-refractivity contribution is 5.96. The molecule has 146 valence electrons. The molecule has 0 saturated heterocycles. The van der Waals surface area contributed by atoms with Gasteiger partial charge in [0.1, 0.15) is 11.4 Å². The fourth-order valence-electron chi connectivity index (χ4n) is 2.46. The second-order valence-electron chi connectivity index (χ2n) is 5.87. The van der Waals surface area contributed by atoms with Crippen molar-refractivity contribution in [2.45, 2.75) is 19.6 Å². The third-order valence-corrected chi connectivity index (χ3v) is 3.94. The van der Waals surface area contributed by atoms with Crippen LogP contribution in [0.4, 0.5) is 10.1 Å². The number of esters is 1. The monoisotopic (exact) mass is 390 g/mol. The summed E-state index contributed by atoms with van der Waals surface area (Å²) in [7, 11) is 0. The Morgan fingerprint density at radius 1 is 1.25 bits per heavy atom. The number of carbonyl (C=O) groups excluding carboxylic acids is 2. The van der Waals surface area contributed by atoms with Gasteiger partial charge in [-0.2, -0.15) is 0 Å². The third-order valence-electron chi connectivity index (χ3n) is 3.94. The fourth-order valence-corrected chi connectivity index (χ4v) is 2.46. The van der Waals surface area contributed by atoms with E-state index in [4.69, 9.17) is 14.2 Å². The van der Waals surface area contributed by atoms with Gasteiger partial charge in [0, 0.05) is 12.6 Å². The number of nitro groups is 1. The molecule has 0 saturated carbocycles. The molecule has 0 spiro atoms. The maximum atomic E-state index is 12.9. The van der Waals surface area contributed by atoms with E-state index in [2.05, 4.69) is 5.32 Å². The highest BCUT2D eigenvalue weighted by Crippen LogP contribution is 2.38. The van der Waals surface area contributed by atoms with Crippen LogP contribution in [0.3, 0.4) is 0 Å². The normalized spacial score (nSPS) is 12.9. The molecule has 9 nitrogen and oxygen atoms in total. The number of rotatable bonds is 6. The van der Waals surface area contributed by atoms with Gasteiger partial charge in [-0.1, -0.05) is 12.1 Å². The van der Waals surface area contributed by atoms with E-state index < -0.39 is 34.4 Å². The van der Waals surface area contributed by atoms with Gasteiger partial charge in [-0.25, -0.2) is 9.18 Å². The minimum Gasteiger partial charge on any atom is -0.454 e. The summed E-state index contributed by atoms with van der Waals surface area (Å²) in [6, 6.07) is 7.72. The van der Waals surface area contributed by atoms with Crippen molar-refractivity contribution in [1.29, 1.82) is 0 Å². The summed E-state index contributed by atoms with van der Waals surface area (Å²) < 4.78 is 28.1. The molecule has 1 unspecified atom stereocenters. The Kier molecular flexibility index (Phi) is 5.39. The van der Waals surface area contributed by atoms with Gasteiger partial charge in [-0.05, 0) is 24.6 Å². The lowest BCUT2D eigenvalue weighted by atomic mass is 10.1. The van der Waals surface area contributed by atoms with Gasteiger partial charge < -0.3 is 19.5 Å². The molecule has 2 aromatic rings. The quantitative estimate of drug-likeness (QED) is 0.457. The van der Waals surface area contributed by atoms with Crippen LogP contribution in [0.5, 0.6) is 11.5 Å². The number of fused-ring (bicyclic) bond motifs is 1. The molecule has 3 rings (SSSR count). The van der Waals surface area contributed by atoms with E-state index in [0.717, 1.165) is 12.1 Å². The number of hydrogen-bond donors (Lipinski definition) is 1. The number of hydrogen-bond acceptors (Lipinski definition) is 7. The first kappa shape index (κ1) is 19.1. The molecule has 0 fully saturated rings. The van der Waals surface area contributed by atoms with Crippen LogP contribution in [-0.2, 0) is 16.1 Å². The maximum absolute atomic E-state index is 12.9. The second-order valence-corrected chi connectivity index (χ2v) is 5.87. The highest BCUT2D eigenvalue weighted by atomic mass is 19.1. The van der Waals surface area contributed by atoms with Crippen LogP contribution in [-0.4, -0.2) is 29.7 Å². The maximum Gasteiger partial charge on any atom is 0.346 e. The number of carbonyl (C=O) groups is 2. The first-order chi connectivity index (χ1) is 13.3. The average Bonchev–Trinajstić information content (AvgIpc) is 3.13. The number of nitro benzene ring substituents is 1. The Bertz CT molecular complexity index is 930. The van der Waals surface area contributed by atoms with Crippen LogP contribution < -0.4 is 14.8 Å². The van der Waals surface area contributed by atoms with Gasteiger partial charge in [-0.15, -0.1) is 0 Å². The van der Waals surface area contributed by atoms with Crippen molar-refractivity contribution in [2.75, 3.05) is 6.79 Å². The fraction of sp³-hybridized carbons (Fsp3) is 0.222. The van der Waals surface area contributed by atoms with Crippen LogP contribution in [0, 0.1) is 15.9 Å². The molecule has 0 bridgehead atoms. The topological polar surface area (TPSA) is 117 Å². The Balaban J connectivity index is 1.66. The van der Waals surface area contributed by atoms with E-state index >= 15 is 0 Å². The number of ether oxygens (including phenoxy) is 3. The summed E-state index contributed by atoms with van der Waals surface area (Å²) in [6.07, 6.45) is -1.21. The summed E-state index contributed by atoms with van der Waals surface area (Å²) in [6.45, 7) is 1.31. The Morgan fingerprint density at radius 2 is 1.89 bits per heavy atom. The van der Waals surface area contributed by atoms with Gasteiger partial charge in [-0.3, -0.25) is 14.9 Å². The van der Waals surface area contributed by atoms with Gasteiger partial charge in [0.25, 0.3) is 11.6 Å². The molecule has 1 heterocycles. The lowest BCUT2D eigenvalue weighted by Crippen LogP contribution is -2.35. The number of benzene rings is 2. The van der Waals surface area contributed by atoms with Gasteiger partial charge in [0.2, 0.25) is 6.79 Å². The third kappa shape index (κ3) is 4.17. The van der Waals surface area contributed by atoms with Crippen molar-refractivity contribution in [3.63, 3.8) is 0 Å². The zero-order chi connectivity index (χ0) is 20.3. The van der Waals surface area contributed by atoms with Crippen LogP contribution in [0.2, 0.25) is 0 Å². The smallest absolute Gasteiger partial charge is 0.346 e. The van der Waals surface area contributed by atoms with Gasteiger partial charge >= 0.3 is 5.97 Å². The van der Waals surface area contributed by atoms with E-state index in [1.165, 1.54) is 31.2 Å². The van der Waals surface area contributed by atoms with E-state index in [1.54, 1.807) is 0 Å². The molecule has 28 heavy (non-hydrogen) atoms. The van der Waals surface area contributed by atoms with E-state index in [-0.39, 0.29) is 30.4 Å². The van der Waals surface area contributed by atoms with Crippen LogP contribution in [0.25, 0.3) is 0 Å². The number of nitrogens with zero attached hydrogens (tertiary/aromatic N) is 1. The number of amides is 1. The van der Waals surface area contributed by atoms with Gasteiger partial charge in [0.05, 0.1) is 11.0 Å². The largest absolute Gasteiger partial charge is 0.454 e. The minimum atomic E-state index is -1.21. The molecule has 2 aromatic carbocycles. The van der Waals surface area contributed by atoms with Gasteiger partial charge in [0.15, 0.2) is 17.6 Å². The Hall–Kier alpha value is -3.69. The molecule has 0 radical (unpaired) electrons. The van der Waals surface area contributed by atoms with Crippen LogP contribution >= 0.6 is 0 Å². The number of nitrogens with one attached hydrogen (secondary N) is 1. The van der Waals surface area contributed by atoms with Crippen molar-refractivity contribution in [3.05, 3.63) is 63.5 Å². The SMILES string of the molecule is CC(OC(=O)c1cc2c(cc1[N+](=O)[O-])OCO2)C(=O)NCc1ccc(F)cc1. The summed E-state index contributed by atoms with van der Waals surface area (Å²) in [5.41, 5.74) is -0.222. The Labute approximate surface area is 158 Å². The van der Waals surface area contributed by atoms with Crippen LogP contribution in [0.15, 0.2) is 36.4 Å². The summed E-state index contributed by atoms with van der Waals surface area (Å²) in [5.74, 6) is -1.74. The molecular weight excluding hydrogens is 375 g/mol. The molecule has 1 aliphatic rings. The minimum absolute atomic E-state index is 0.102. The molecule has 1 amide bonds. The van der Waals surface area contributed by atoms with E-state index in [0.29, 0.717) is 5.56 Å². The molecule has 1 aliphatic heterocycles. The molecule has 1 atom stereocenters. The molecule has 1 N–H and O–H groups in total. The first-order valence-corrected chi connectivity index (χ1v) is 8.16. The second kappa shape index (κ2) is 7.91. The Morgan fingerprint density at radius 3 is 2.54 bits per heavy atom. The predicted molar refractivity (Wildman–Crippen MR) is 92.3 cm³/mol. The van der Waals surface area contributed by atoms with E-state index in [9.17, 15) is 24.1 Å². The summed E-state index contributed by atoms with van der Waals surface area (Å²) in [5, 5.41) is 13.8. The average molecular weight is 390 g/mol. The zero-order valence-electron chi connectivity index (χ0n) is 14.6. The van der Waals surface area contributed by atoms with Crippen LogP contribution in [0.1, 0.15) is 22.8 Å². The highest BCUT2D eigenvalue weighted by Gasteiger charge is 2.30. The first-order valence-electron chi connectivity index (χ1n) is 8.16. The summed E-state index contributed by atoms with van der Waals surface area (Å²) in [4.78, 5) is 34.9. The number of halogens is 1. The van der Waals surface area contributed by atoms with Crippen molar-refractivity contribution >= 4 is 17.6 Å². The molecule has 10 heteroatoms. The van der Waals surface area contributed by atoms with Crippen molar-refractivity contribution in [3.8, 4) is 11.5 Å². The molecule has 0 aromatic heterocycles. The lowest BCUT2D eigenvalue weighted by molar-refractivity contribution is -0.385. The van der Waals surface area contributed by atoms with E-state index in [1.807, 2.05) is 0 Å². The summed E-state index contributed by atoms with van der Waals surface area (Å²) >= 11 is 0. The predicted octanol–water partition coefficient (Wildman–Crippen LogP) is 2.32.